The molecule has 1 aliphatic carbocycles. The van der Waals surface area contributed by atoms with Gasteiger partial charge in [0, 0.05) is 12.6 Å². The van der Waals surface area contributed by atoms with Crippen molar-refractivity contribution in [3.05, 3.63) is 0 Å². The highest BCUT2D eigenvalue weighted by molar-refractivity contribution is 4.87. The minimum atomic E-state index is 0.584. The van der Waals surface area contributed by atoms with Crippen molar-refractivity contribution in [1.29, 1.82) is 0 Å². The SMILES string of the molecule is CCN(CC1CO1)C1CC1. The first kappa shape index (κ1) is 6.62. The summed E-state index contributed by atoms with van der Waals surface area (Å²) in [5.41, 5.74) is 0. The highest BCUT2D eigenvalue weighted by Gasteiger charge is 2.33. The topological polar surface area (TPSA) is 15.8 Å². The van der Waals surface area contributed by atoms with Crippen LogP contribution in [0.1, 0.15) is 19.8 Å². The molecule has 0 N–H and O–H groups in total. The molecule has 0 aromatic heterocycles. The predicted molar refractivity (Wildman–Crippen MR) is 40.0 cm³/mol. The second-order valence-corrected chi connectivity index (χ2v) is 3.27. The molecule has 0 spiro atoms. The Morgan fingerprint density at radius 2 is 2.20 bits per heavy atom. The van der Waals surface area contributed by atoms with Gasteiger partial charge in [0.05, 0.1) is 12.7 Å². The van der Waals surface area contributed by atoms with Crippen LogP contribution in [0.25, 0.3) is 0 Å². The molecule has 0 aromatic carbocycles. The van der Waals surface area contributed by atoms with E-state index < -0.39 is 0 Å². The summed E-state index contributed by atoms with van der Waals surface area (Å²) in [6.45, 7) is 5.62. The van der Waals surface area contributed by atoms with Crippen LogP contribution in [0.4, 0.5) is 0 Å². The third-order valence-corrected chi connectivity index (χ3v) is 2.31. The molecule has 0 aromatic rings. The van der Waals surface area contributed by atoms with Gasteiger partial charge in [0.25, 0.3) is 0 Å². The number of nitrogens with zero attached hydrogens (tertiary/aromatic N) is 1. The van der Waals surface area contributed by atoms with Gasteiger partial charge in [-0.2, -0.15) is 0 Å². The molecule has 2 fully saturated rings. The molecule has 10 heavy (non-hydrogen) atoms. The molecule has 1 saturated heterocycles. The molecular weight excluding hydrogens is 126 g/mol. The average molecular weight is 141 g/mol. The predicted octanol–water partition coefficient (Wildman–Crippen LogP) is 0.869. The number of epoxide rings is 1. The molecule has 1 unspecified atom stereocenters. The first-order valence-corrected chi connectivity index (χ1v) is 4.26. The fraction of sp³-hybridized carbons (Fsp3) is 1.00. The maximum absolute atomic E-state index is 5.18. The first-order chi connectivity index (χ1) is 4.90. The van der Waals surface area contributed by atoms with Crippen LogP contribution in [0.5, 0.6) is 0 Å². The van der Waals surface area contributed by atoms with Crippen LogP contribution in [-0.4, -0.2) is 36.7 Å². The molecule has 0 radical (unpaired) electrons. The van der Waals surface area contributed by atoms with E-state index >= 15 is 0 Å². The Hall–Kier alpha value is -0.0800. The Bertz CT molecular complexity index is 118. The van der Waals surface area contributed by atoms with Crippen LogP contribution < -0.4 is 0 Å². The smallest absolute Gasteiger partial charge is 0.0936 e. The Morgan fingerprint density at radius 1 is 1.50 bits per heavy atom. The summed E-state index contributed by atoms with van der Waals surface area (Å²) in [6, 6.07) is 0.911. The summed E-state index contributed by atoms with van der Waals surface area (Å²) >= 11 is 0. The van der Waals surface area contributed by atoms with Crippen LogP contribution in [0.2, 0.25) is 0 Å². The quantitative estimate of drug-likeness (QED) is 0.540. The van der Waals surface area contributed by atoms with Crippen molar-refractivity contribution in [1.82, 2.24) is 4.90 Å². The summed E-state index contributed by atoms with van der Waals surface area (Å²) in [7, 11) is 0. The zero-order chi connectivity index (χ0) is 6.97. The van der Waals surface area contributed by atoms with Crippen LogP contribution >= 0.6 is 0 Å². The molecule has 58 valence electrons. The lowest BCUT2D eigenvalue weighted by atomic mass is 10.4. The number of likely N-dealkylation sites (N-methyl/N-ethyl adjacent to an activating group) is 1. The lowest BCUT2D eigenvalue weighted by Gasteiger charge is -2.17. The van der Waals surface area contributed by atoms with Gasteiger partial charge in [0.1, 0.15) is 0 Å². The van der Waals surface area contributed by atoms with Crippen LogP contribution in [0, 0.1) is 0 Å². The fourth-order valence-electron chi connectivity index (χ4n) is 1.41. The lowest BCUT2D eigenvalue weighted by molar-refractivity contribution is 0.244. The second-order valence-electron chi connectivity index (χ2n) is 3.27. The summed E-state index contributed by atoms with van der Waals surface area (Å²) < 4.78 is 5.18. The lowest BCUT2D eigenvalue weighted by Crippen LogP contribution is -2.29. The van der Waals surface area contributed by atoms with Crippen molar-refractivity contribution in [2.24, 2.45) is 0 Å². The van der Waals surface area contributed by atoms with Gasteiger partial charge in [-0.25, -0.2) is 0 Å². The van der Waals surface area contributed by atoms with Crippen molar-refractivity contribution in [2.75, 3.05) is 19.7 Å². The Kier molecular flexibility index (Phi) is 1.66. The number of hydrogen-bond donors (Lipinski definition) is 0. The molecule has 2 heteroatoms. The highest BCUT2D eigenvalue weighted by Crippen LogP contribution is 2.27. The standard InChI is InChI=1S/C8H15NO/c1-2-9(7-3-4-7)5-8-6-10-8/h7-8H,2-6H2,1H3. The third kappa shape index (κ3) is 1.50. The minimum Gasteiger partial charge on any atom is -0.372 e. The maximum Gasteiger partial charge on any atom is 0.0936 e. The molecule has 1 atom stereocenters. The average Bonchev–Trinajstić information content (AvgIpc) is 2.76. The van der Waals surface area contributed by atoms with Gasteiger partial charge in [0.2, 0.25) is 0 Å². The Balaban J connectivity index is 1.73. The van der Waals surface area contributed by atoms with Crippen molar-refractivity contribution >= 4 is 0 Å². The van der Waals surface area contributed by atoms with Gasteiger partial charge >= 0.3 is 0 Å². The van der Waals surface area contributed by atoms with Crippen LogP contribution in [0.3, 0.4) is 0 Å². The fourth-order valence-corrected chi connectivity index (χ4v) is 1.41. The Labute approximate surface area is 62.2 Å². The number of rotatable bonds is 4. The van der Waals surface area contributed by atoms with Gasteiger partial charge in [-0.3, -0.25) is 4.90 Å². The van der Waals surface area contributed by atoms with Crippen molar-refractivity contribution < 1.29 is 4.74 Å². The van der Waals surface area contributed by atoms with Crippen LogP contribution in [-0.2, 0) is 4.74 Å². The summed E-state index contributed by atoms with van der Waals surface area (Å²) in [4.78, 5) is 2.54. The third-order valence-electron chi connectivity index (χ3n) is 2.31. The Morgan fingerprint density at radius 3 is 2.60 bits per heavy atom. The highest BCUT2D eigenvalue weighted by atomic mass is 16.6. The number of hydrogen-bond acceptors (Lipinski definition) is 2. The van der Waals surface area contributed by atoms with E-state index in [4.69, 9.17) is 4.74 Å². The molecule has 1 heterocycles. The van der Waals surface area contributed by atoms with Gasteiger partial charge in [-0.1, -0.05) is 6.92 Å². The monoisotopic (exact) mass is 141 g/mol. The van der Waals surface area contributed by atoms with E-state index in [1.807, 2.05) is 0 Å². The van der Waals surface area contributed by atoms with Gasteiger partial charge in [-0.05, 0) is 19.4 Å². The molecule has 2 rings (SSSR count). The van der Waals surface area contributed by atoms with E-state index in [0.717, 1.165) is 12.6 Å². The van der Waals surface area contributed by atoms with E-state index in [-0.39, 0.29) is 0 Å². The van der Waals surface area contributed by atoms with E-state index in [9.17, 15) is 0 Å². The van der Waals surface area contributed by atoms with Gasteiger partial charge in [-0.15, -0.1) is 0 Å². The van der Waals surface area contributed by atoms with Crippen molar-refractivity contribution in [2.45, 2.75) is 31.9 Å². The largest absolute Gasteiger partial charge is 0.372 e. The summed E-state index contributed by atoms with van der Waals surface area (Å²) in [5, 5.41) is 0. The zero-order valence-electron chi connectivity index (χ0n) is 6.55. The van der Waals surface area contributed by atoms with Gasteiger partial charge in [0.15, 0.2) is 0 Å². The molecule has 1 saturated carbocycles. The normalized spacial score (nSPS) is 31.2. The second kappa shape index (κ2) is 2.51. The molecule has 1 aliphatic heterocycles. The van der Waals surface area contributed by atoms with E-state index in [2.05, 4.69) is 11.8 Å². The zero-order valence-corrected chi connectivity index (χ0v) is 6.55. The van der Waals surface area contributed by atoms with E-state index in [0.29, 0.717) is 6.10 Å². The molecule has 0 bridgehead atoms. The van der Waals surface area contributed by atoms with E-state index in [1.165, 1.54) is 25.9 Å². The van der Waals surface area contributed by atoms with Gasteiger partial charge < -0.3 is 4.74 Å². The maximum atomic E-state index is 5.18. The van der Waals surface area contributed by atoms with E-state index in [1.54, 1.807) is 0 Å². The van der Waals surface area contributed by atoms with Crippen LogP contribution in [0.15, 0.2) is 0 Å². The molecule has 0 amide bonds. The van der Waals surface area contributed by atoms with Crippen molar-refractivity contribution in [3.63, 3.8) is 0 Å². The molecule has 2 nitrogen and oxygen atoms in total. The first-order valence-electron chi connectivity index (χ1n) is 4.26. The minimum absolute atomic E-state index is 0.584. The molecular formula is C8H15NO. The molecule has 2 aliphatic rings. The summed E-state index contributed by atoms with van der Waals surface area (Å²) in [6.07, 6.45) is 3.42. The summed E-state index contributed by atoms with van der Waals surface area (Å²) in [5.74, 6) is 0. The number of ether oxygens (including phenoxy) is 1. The van der Waals surface area contributed by atoms with Crippen molar-refractivity contribution in [3.8, 4) is 0 Å².